The molecule has 0 saturated heterocycles. The summed E-state index contributed by atoms with van der Waals surface area (Å²) in [6, 6.07) is 17.2. The average Bonchev–Trinajstić information content (AvgIpc) is 2.83. The SMILES string of the molecule is C=CCC1Cc2cc(C)ccc2C1=NCc1ccccc1. The van der Waals surface area contributed by atoms with Crippen LogP contribution in [0.5, 0.6) is 0 Å². The molecule has 106 valence electrons. The number of aryl methyl sites for hydroxylation is 1. The molecule has 0 aromatic heterocycles. The van der Waals surface area contributed by atoms with E-state index in [1.807, 2.05) is 12.1 Å². The Morgan fingerprint density at radius 2 is 2.00 bits per heavy atom. The van der Waals surface area contributed by atoms with Crippen molar-refractivity contribution in [3.05, 3.63) is 83.4 Å². The first-order chi connectivity index (χ1) is 10.3. The Hall–Kier alpha value is -2.15. The molecule has 0 heterocycles. The third kappa shape index (κ3) is 2.97. The minimum Gasteiger partial charge on any atom is -0.284 e. The zero-order chi connectivity index (χ0) is 14.7. The van der Waals surface area contributed by atoms with Gasteiger partial charge >= 0.3 is 0 Å². The summed E-state index contributed by atoms with van der Waals surface area (Å²) in [5, 5.41) is 0. The summed E-state index contributed by atoms with van der Waals surface area (Å²) in [6.45, 7) is 6.82. The molecule has 0 fully saturated rings. The smallest absolute Gasteiger partial charge is 0.0643 e. The summed E-state index contributed by atoms with van der Waals surface area (Å²) in [7, 11) is 0. The van der Waals surface area contributed by atoms with Crippen LogP contribution in [0.25, 0.3) is 0 Å². The van der Waals surface area contributed by atoms with E-state index in [1.54, 1.807) is 0 Å². The molecule has 3 rings (SSSR count). The van der Waals surface area contributed by atoms with Crippen molar-refractivity contribution >= 4 is 5.71 Å². The highest BCUT2D eigenvalue weighted by Crippen LogP contribution is 2.31. The van der Waals surface area contributed by atoms with Crippen LogP contribution < -0.4 is 0 Å². The lowest BCUT2D eigenvalue weighted by Crippen LogP contribution is -2.10. The van der Waals surface area contributed by atoms with Crippen LogP contribution in [0, 0.1) is 12.8 Å². The lowest BCUT2D eigenvalue weighted by molar-refractivity contribution is 0.722. The molecule has 1 aliphatic carbocycles. The zero-order valence-corrected chi connectivity index (χ0v) is 12.5. The maximum absolute atomic E-state index is 4.93. The van der Waals surface area contributed by atoms with Crippen molar-refractivity contribution in [2.24, 2.45) is 10.9 Å². The molecule has 0 amide bonds. The Morgan fingerprint density at radius 1 is 1.19 bits per heavy atom. The first-order valence-corrected chi connectivity index (χ1v) is 7.57. The Bertz CT molecular complexity index is 667. The second-order valence-electron chi connectivity index (χ2n) is 5.77. The molecule has 1 nitrogen and oxygen atoms in total. The van der Waals surface area contributed by atoms with E-state index in [2.05, 4.69) is 56.0 Å². The summed E-state index contributed by atoms with van der Waals surface area (Å²) >= 11 is 0. The van der Waals surface area contributed by atoms with Gasteiger partial charge in [0.25, 0.3) is 0 Å². The van der Waals surface area contributed by atoms with E-state index in [0.717, 1.165) is 19.4 Å². The molecule has 1 atom stereocenters. The van der Waals surface area contributed by atoms with Gasteiger partial charge in [0.05, 0.1) is 6.54 Å². The van der Waals surface area contributed by atoms with Crippen LogP contribution in [0.3, 0.4) is 0 Å². The van der Waals surface area contributed by atoms with Crippen LogP contribution in [0.2, 0.25) is 0 Å². The number of nitrogens with zero attached hydrogens (tertiary/aromatic N) is 1. The summed E-state index contributed by atoms with van der Waals surface area (Å²) in [5.41, 5.74) is 6.63. The van der Waals surface area contributed by atoms with Crippen LogP contribution in [0.4, 0.5) is 0 Å². The van der Waals surface area contributed by atoms with E-state index in [-0.39, 0.29) is 0 Å². The van der Waals surface area contributed by atoms with Gasteiger partial charge in [0.2, 0.25) is 0 Å². The standard InChI is InChI=1S/C20H21N/c1-3-7-17-13-18-12-15(2)10-11-19(18)20(17)21-14-16-8-5-4-6-9-16/h3-6,8-12,17H,1,7,13-14H2,2H3. The highest BCUT2D eigenvalue weighted by Gasteiger charge is 2.27. The van der Waals surface area contributed by atoms with Gasteiger partial charge in [-0.25, -0.2) is 0 Å². The van der Waals surface area contributed by atoms with Gasteiger partial charge in [-0.3, -0.25) is 4.99 Å². The van der Waals surface area contributed by atoms with E-state index >= 15 is 0 Å². The lowest BCUT2D eigenvalue weighted by Gasteiger charge is -2.09. The molecule has 0 spiro atoms. The van der Waals surface area contributed by atoms with Crippen molar-refractivity contribution in [2.75, 3.05) is 0 Å². The third-order valence-electron chi connectivity index (χ3n) is 4.12. The Morgan fingerprint density at radius 3 is 2.76 bits per heavy atom. The third-order valence-corrected chi connectivity index (χ3v) is 4.12. The van der Waals surface area contributed by atoms with Crippen molar-refractivity contribution in [1.82, 2.24) is 0 Å². The van der Waals surface area contributed by atoms with Gasteiger partial charge in [0.15, 0.2) is 0 Å². The molecule has 0 radical (unpaired) electrons. The van der Waals surface area contributed by atoms with Gasteiger partial charge < -0.3 is 0 Å². The first kappa shape index (κ1) is 13.8. The lowest BCUT2D eigenvalue weighted by atomic mass is 10.00. The topological polar surface area (TPSA) is 12.4 Å². The molecule has 0 bridgehead atoms. The predicted octanol–water partition coefficient (Wildman–Crippen LogP) is 4.73. The molecular weight excluding hydrogens is 254 g/mol. The van der Waals surface area contributed by atoms with Gasteiger partial charge in [0, 0.05) is 11.6 Å². The molecule has 0 N–H and O–H groups in total. The van der Waals surface area contributed by atoms with E-state index in [9.17, 15) is 0 Å². The fourth-order valence-electron chi connectivity index (χ4n) is 3.09. The fourth-order valence-corrected chi connectivity index (χ4v) is 3.09. The zero-order valence-electron chi connectivity index (χ0n) is 12.5. The highest BCUT2D eigenvalue weighted by molar-refractivity contribution is 6.06. The van der Waals surface area contributed by atoms with Crippen molar-refractivity contribution in [3.63, 3.8) is 0 Å². The number of benzene rings is 2. The van der Waals surface area contributed by atoms with Crippen LogP contribution in [0.1, 0.15) is 28.7 Å². The summed E-state index contributed by atoms with van der Waals surface area (Å²) in [5.74, 6) is 0.489. The second kappa shape index (κ2) is 6.09. The van der Waals surface area contributed by atoms with E-state index in [0.29, 0.717) is 5.92 Å². The quantitative estimate of drug-likeness (QED) is 0.715. The largest absolute Gasteiger partial charge is 0.284 e. The second-order valence-corrected chi connectivity index (χ2v) is 5.77. The minimum absolute atomic E-state index is 0.489. The number of hydrogen-bond acceptors (Lipinski definition) is 1. The molecular formula is C20H21N. The van der Waals surface area contributed by atoms with Gasteiger partial charge in [-0.05, 0) is 36.5 Å². The molecule has 0 saturated carbocycles. The predicted molar refractivity (Wildman–Crippen MR) is 89.9 cm³/mol. The van der Waals surface area contributed by atoms with Gasteiger partial charge in [0.1, 0.15) is 0 Å². The van der Waals surface area contributed by atoms with Crippen LogP contribution >= 0.6 is 0 Å². The van der Waals surface area contributed by atoms with Crippen molar-refractivity contribution in [3.8, 4) is 0 Å². The van der Waals surface area contributed by atoms with Gasteiger partial charge in [-0.1, -0.05) is 60.2 Å². The molecule has 2 aromatic rings. The highest BCUT2D eigenvalue weighted by atomic mass is 14.8. The van der Waals surface area contributed by atoms with Crippen molar-refractivity contribution in [1.29, 1.82) is 0 Å². The van der Waals surface area contributed by atoms with Crippen LogP contribution in [-0.4, -0.2) is 5.71 Å². The Balaban J connectivity index is 1.92. The maximum atomic E-state index is 4.93. The molecule has 2 aromatic carbocycles. The molecule has 1 aliphatic rings. The number of aliphatic imine (C=N–C) groups is 1. The van der Waals surface area contributed by atoms with Crippen molar-refractivity contribution in [2.45, 2.75) is 26.3 Å². The van der Waals surface area contributed by atoms with E-state index in [4.69, 9.17) is 4.99 Å². The maximum Gasteiger partial charge on any atom is 0.0643 e. The summed E-state index contributed by atoms with van der Waals surface area (Å²) in [6.07, 6.45) is 4.11. The minimum atomic E-state index is 0.489. The van der Waals surface area contributed by atoms with Gasteiger partial charge in [-0.2, -0.15) is 0 Å². The summed E-state index contributed by atoms with van der Waals surface area (Å²) in [4.78, 5) is 4.93. The molecule has 0 aliphatic heterocycles. The van der Waals surface area contributed by atoms with Crippen LogP contribution in [-0.2, 0) is 13.0 Å². The Kier molecular flexibility index (Phi) is 4.01. The number of rotatable bonds is 4. The van der Waals surface area contributed by atoms with Crippen LogP contribution in [0.15, 0.2) is 66.2 Å². The molecule has 1 heteroatoms. The molecule has 21 heavy (non-hydrogen) atoms. The number of allylic oxidation sites excluding steroid dienone is 1. The fraction of sp³-hybridized carbons (Fsp3) is 0.250. The summed E-state index contributed by atoms with van der Waals surface area (Å²) < 4.78 is 0. The number of hydrogen-bond donors (Lipinski definition) is 0. The van der Waals surface area contributed by atoms with E-state index < -0.39 is 0 Å². The molecule has 1 unspecified atom stereocenters. The van der Waals surface area contributed by atoms with E-state index in [1.165, 1.54) is 28.0 Å². The average molecular weight is 275 g/mol. The normalized spacial score (nSPS) is 18.7. The van der Waals surface area contributed by atoms with Gasteiger partial charge in [-0.15, -0.1) is 6.58 Å². The number of fused-ring (bicyclic) bond motifs is 1. The van der Waals surface area contributed by atoms with Crippen molar-refractivity contribution < 1.29 is 0 Å². The first-order valence-electron chi connectivity index (χ1n) is 7.57. The Labute approximate surface area is 127 Å². The monoisotopic (exact) mass is 275 g/mol.